The fourth-order valence-electron chi connectivity index (χ4n) is 4.17. The Labute approximate surface area is 176 Å². The van der Waals surface area contributed by atoms with Crippen molar-refractivity contribution < 1.29 is 18.0 Å². The van der Waals surface area contributed by atoms with Gasteiger partial charge in [-0.3, -0.25) is 4.79 Å². The predicted octanol–water partition coefficient (Wildman–Crippen LogP) is 3.99. The first-order chi connectivity index (χ1) is 14.3. The molecule has 0 radical (unpaired) electrons. The average Bonchev–Trinajstić information content (AvgIpc) is 3.11. The van der Waals surface area contributed by atoms with E-state index < -0.39 is 12.1 Å². The largest absolute Gasteiger partial charge is 0.391 e. The first-order valence-corrected chi connectivity index (χ1v) is 10.8. The van der Waals surface area contributed by atoms with Gasteiger partial charge in [-0.2, -0.15) is 13.2 Å². The highest BCUT2D eigenvalue weighted by Crippen LogP contribution is 2.37. The Morgan fingerprint density at radius 1 is 1.20 bits per heavy atom. The quantitative estimate of drug-likeness (QED) is 0.536. The summed E-state index contributed by atoms with van der Waals surface area (Å²) in [5, 5.41) is 6.48. The highest BCUT2D eigenvalue weighted by Gasteiger charge is 2.41. The number of rotatable bonds is 6. The zero-order valence-electron chi connectivity index (χ0n) is 17.5. The number of carbonyl (C=O) groups is 1. The van der Waals surface area contributed by atoms with E-state index >= 15 is 0 Å². The number of carbonyl (C=O) groups excluding carboxylic acids is 1. The van der Waals surface area contributed by atoms with Gasteiger partial charge in [-0.15, -0.1) is 0 Å². The molecule has 8 heteroatoms. The van der Waals surface area contributed by atoms with Crippen molar-refractivity contribution in [1.29, 1.82) is 0 Å². The van der Waals surface area contributed by atoms with Crippen molar-refractivity contribution in [3.8, 4) is 0 Å². The molecule has 1 aromatic carbocycles. The first kappa shape index (κ1) is 22.4. The van der Waals surface area contributed by atoms with Gasteiger partial charge in [0, 0.05) is 32.1 Å². The molecule has 1 amide bonds. The van der Waals surface area contributed by atoms with Crippen LogP contribution in [0.1, 0.15) is 56.6 Å². The highest BCUT2D eigenvalue weighted by atomic mass is 19.4. The van der Waals surface area contributed by atoms with Crippen LogP contribution in [-0.2, 0) is 17.9 Å². The van der Waals surface area contributed by atoms with E-state index in [4.69, 9.17) is 0 Å². The van der Waals surface area contributed by atoms with Gasteiger partial charge in [-0.1, -0.05) is 24.3 Å². The highest BCUT2D eigenvalue weighted by molar-refractivity contribution is 5.80. The maximum atomic E-state index is 12.9. The fourth-order valence-corrected chi connectivity index (χ4v) is 4.17. The summed E-state index contributed by atoms with van der Waals surface area (Å²) in [6.45, 7) is 4.55. The van der Waals surface area contributed by atoms with Crippen molar-refractivity contribution in [2.45, 2.75) is 70.8 Å². The van der Waals surface area contributed by atoms with Crippen LogP contribution >= 0.6 is 0 Å². The van der Waals surface area contributed by atoms with Crippen LogP contribution in [0.3, 0.4) is 0 Å². The van der Waals surface area contributed by atoms with Crippen molar-refractivity contribution in [2.24, 2.45) is 10.9 Å². The van der Waals surface area contributed by atoms with Crippen molar-refractivity contribution in [3.05, 3.63) is 35.4 Å². The minimum absolute atomic E-state index is 0.00825. The summed E-state index contributed by atoms with van der Waals surface area (Å²) < 4.78 is 38.6. The Kier molecular flexibility index (Phi) is 7.61. The van der Waals surface area contributed by atoms with Crippen molar-refractivity contribution >= 4 is 11.9 Å². The molecule has 0 unspecified atom stereocenters. The summed E-state index contributed by atoms with van der Waals surface area (Å²) in [5.41, 5.74) is 2.12. The molecule has 3 rings (SSSR count). The van der Waals surface area contributed by atoms with Crippen molar-refractivity contribution in [2.75, 3.05) is 13.1 Å². The number of likely N-dealkylation sites (tertiary alicyclic amines) is 1. The van der Waals surface area contributed by atoms with Gasteiger partial charge in [0.15, 0.2) is 5.96 Å². The Morgan fingerprint density at radius 2 is 1.93 bits per heavy atom. The number of hydrogen-bond acceptors (Lipinski definition) is 2. The molecule has 1 saturated heterocycles. The molecule has 2 N–H and O–H groups in total. The molecule has 0 aromatic heterocycles. The van der Waals surface area contributed by atoms with Crippen LogP contribution in [0.2, 0.25) is 0 Å². The number of alkyl halides is 3. The average molecular weight is 425 g/mol. The van der Waals surface area contributed by atoms with Gasteiger partial charge < -0.3 is 15.5 Å². The van der Waals surface area contributed by atoms with E-state index in [1.807, 2.05) is 30.0 Å². The van der Waals surface area contributed by atoms with Gasteiger partial charge >= 0.3 is 6.18 Å². The lowest BCUT2D eigenvalue weighted by Gasteiger charge is -2.31. The van der Waals surface area contributed by atoms with Crippen LogP contribution in [0, 0.1) is 5.92 Å². The minimum Gasteiger partial charge on any atom is -0.357 e. The molecule has 2 aliphatic rings. The van der Waals surface area contributed by atoms with Gasteiger partial charge in [0.25, 0.3) is 0 Å². The van der Waals surface area contributed by atoms with Crippen LogP contribution in [0.4, 0.5) is 13.2 Å². The van der Waals surface area contributed by atoms with Crippen molar-refractivity contribution in [1.82, 2.24) is 15.5 Å². The molecule has 1 saturated carbocycles. The minimum atomic E-state index is -4.09. The zero-order chi connectivity index (χ0) is 21.6. The van der Waals surface area contributed by atoms with Crippen LogP contribution < -0.4 is 10.6 Å². The summed E-state index contributed by atoms with van der Waals surface area (Å²) >= 11 is 0. The van der Waals surface area contributed by atoms with E-state index in [1.165, 1.54) is 0 Å². The van der Waals surface area contributed by atoms with Gasteiger partial charge in [-0.05, 0) is 50.2 Å². The summed E-state index contributed by atoms with van der Waals surface area (Å²) in [4.78, 5) is 18.3. The van der Waals surface area contributed by atoms with E-state index in [9.17, 15) is 18.0 Å². The molecule has 30 heavy (non-hydrogen) atoms. The lowest BCUT2D eigenvalue weighted by molar-refractivity contribution is -0.182. The van der Waals surface area contributed by atoms with Crippen LogP contribution in [-0.4, -0.2) is 42.1 Å². The third kappa shape index (κ3) is 6.37. The first-order valence-electron chi connectivity index (χ1n) is 10.8. The van der Waals surface area contributed by atoms with Crippen LogP contribution in [0.25, 0.3) is 0 Å². The molecule has 1 aromatic rings. The third-order valence-corrected chi connectivity index (χ3v) is 5.83. The molecular formula is C22H31F3N4O. The van der Waals surface area contributed by atoms with E-state index in [0.29, 0.717) is 44.9 Å². The van der Waals surface area contributed by atoms with Crippen LogP contribution in [0.15, 0.2) is 29.3 Å². The van der Waals surface area contributed by atoms with Crippen LogP contribution in [0.5, 0.6) is 0 Å². The molecule has 1 aliphatic carbocycles. The number of benzene rings is 1. The monoisotopic (exact) mass is 424 g/mol. The summed E-state index contributed by atoms with van der Waals surface area (Å²) in [7, 11) is 0. The van der Waals surface area contributed by atoms with Gasteiger partial charge in [0.1, 0.15) is 0 Å². The molecular weight excluding hydrogens is 393 g/mol. The van der Waals surface area contributed by atoms with E-state index in [1.54, 1.807) is 0 Å². The predicted molar refractivity (Wildman–Crippen MR) is 111 cm³/mol. The number of nitrogens with zero attached hydrogens (tertiary/aromatic N) is 2. The molecule has 166 valence electrons. The Bertz CT molecular complexity index is 742. The second kappa shape index (κ2) is 10.2. The molecule has 2 fully saturated rings. The molecule has 5 nitrogen and oxygen atoms in total. The number of halogens is 3. The summed E-state index contributed by atoms with van der Waals surface area (Å²) in [5.74, 6) is -0.342. The molecule has 0 spiro atoms. The number of aliphatic imine (C=N–C) groups is 1. The topological polar surface area (TPSA) is 56.7 Å². The number of hydrogen-bond donors (Lipinski definition) is 2. The Morgan fingerprint density at radius 3 is 2.57 bits per heavy atom. The zero-order valence-corrected chi connectivity index (χ0v) is 17.5. The number of nitrogens with one attached hydrogen (secondary N) is 2. The number of amides is 1. The molecule has 1 aliphatic heterocycles. The van der Waals surface area contributed by atoms with Gasteiger partial charge in [-0.25, -0.2) is 4.99 Å². The van der Waals surface area contributed by atoms with Gasteiger partial charge in [0.2, 0.25) is 5.91 Å². The molecule has 1 heterocycles. The second-order valence-corrected chi connectivity index (χ2v) is 8.17. The summed E-state index contributed by atoms with van der Waals surface area (Å²) in [6.07, 6.45) is -1.22. The Hall–Kier alpha value is -2.25. The lowest BCUT2D eigenvalue weighted by Crippen LogP contribution is -2.45. The fraction of sp³-hybridized carbons (Fsp3) is 0.636. The van der Waals surface area contributed by atoms with E-state index in [2.05, 4.69) is 21.7 Å². The summed E-state index contributed by atoms with van der Waals surface area (Å²) in [6, 6.07) is 8.05. The maximum absolute atomic E-state index is 12.9. The molecule has 0 bridgehead atoms. The number of guanidine groups is 1. The SMILES string of the molecule is CCNC(=NCc1cccc(CN2CCCC2=O)c1)NC1CCC(C(F)(F)F)CC1. The Balaban J connectivity index is 1.56. The standard InChI is InChI=1S/C22H31F3N4O/c1-2-26-21(28-19-10-8-18(9-11-19)22(23,24)25)27-14-16-5-3-6-17(13-16)15-29-12-4-7-20(29)30/h3,5-6,13,18-19H,2,4,7-12,14-15H2,1H3,(H2,26,27,28). The normalized spacial score (nSPS) is 23.0. The van der Waals surface area contributed by atoms with E-state index in [0.717, 1.165) is 24.1 Å². The molecule has 0 atom stereocenters. The second-order valence-electron chi connectivity index (χ2n) is 8.17. The third-order valence-electron chi connectivity index (χ3n) is 5.83. The van der Waals surface area contributed by atoms with Gasteiger partial charge in [0.05, 0.1) is 12.5 Å². The lowest BCUT2D eigenvalue weighted by atomic mass is 9.85. The maximum Gasteiger partial charge on any atom is 0.391 e. The van der Waals surface area contributed by atoms with E-state index in [-0.39, 0.29) is 24.8 Å². The van der Waals surface area contributed by atoms with Crippen molar-refractivity contribution in [3.63, 3.8) is 0 Å². The smallest absolute Gasteiger partial charge is 0.357 e.